The van der Waals surface area contributed by atoms with Crippen molar-refractivity contribution in [3.63, 3.8) is 0 Å². The van der Waals surface area contributed by atoms with Crippen LogP contribution in [0.3, 0.4) is 0 Å². The van der Waals surface area contributed by atoms with E-state index in [-0.39, 0.29) is 17.5 Å². The smallest absolute Gasteiger partial charge is 0.243 e. The van der Waals surface area contributed by atoms with E-state index in [1.54, 1.807) is 6.92 Å². The average Bonchev–Trinajstić information content (AvgIpc) is 2.67. The summed E-state index contributed by atoms with van der Waals surface area (Å²) in [6, 6.07) is -0.197. The Morgan fingerprint density at radius 3 is 2.93 bits per heavy atom. The van der Waals surface area contributed by atoms with Gasteiger partial charge in [-0.15, -0.1) is 0 Å². The second-order valence-electron chi connectivity index (χ2n) is 3.32. The Balaban J connectivity index is 2.57. The molecule has 1 unspecified atom stereocenters. The lowest BCUT2D eigenvalue weighted by atomic mass is 10.2. The topological polar surface area (TPSA) is 95.1 Å². The molecular weight excluding hydrogens is 218 g/mol. The second-order valence-corrected chi connectivity index (χ2v) is 5.04. The number of hydrogen-bond donors (Lipinski definition) is 3. The summed E-state index contributed by atoms with van der Waals surface area (Å²) in [6.07, 6.45) is 3.75. The van der Waals surface area contributed by atoms with E-state index >= 15 is 0 Å². The van der Waals surface area contributed by atoms with E-state index in [4.69, 9.17) is 5.11 Å². The summed E-state index contributed by atoms with van der Waals surface area (Å²) < 4.78 is 25.8. The van der Waals surface area contributed by atoms with Gasteiger partial charge in [0, 0.05) is 18.8 Å². The number of hydrogen-bond acceptors (Lipinski definition) is 4. The van der Waals surface area contributed by atoms with Gasteiger partial charge in [-0.05, 0) is 19.8 Å². The Hall–Kier alpha value is -0.920. The largest absolute Gasteiger partial charge is 0.396 e. The molecular formula is C8H15N3O3S. The van der Waals surface area contributed by atoms with Crippen molar-refractivity contribution < 1.29 is 13.5 Å². The molecule has 0 aliphatic carbocycles. The van der Waals surface area contributed by atoms with E-state index in [9.17, 15) is 8.42 Å². The van der Waals surface area contributed by atoms with Gasteiger partial charge in [-0.25, -0.2) is 13.1 Å². The van der Waals surface area contributed by atoms with Crippen molar-refractivity contribution in [1.82, 2.24) is 14.9 Å². The third-order valence-corrected chi connectivity index (χ3v) is 3.49. The van der Waals surface area contributed by atoms with Crippen molar-refractivity contribution in [3.8, 4) is 0 Å². The molecule has 0 aliphatic heterocycles. The molecule has 86 valence electrons. The van der Waals surface area contributed by atoms with Gasteiger partial charge in [-0.2, -0.15) is 5.10 Å². The van der Waals surface area contributed by atoms with Crippen molar-refractivity contribution in [2.75, 3.05) is 6.61 Å². The first-order valence-corrected chi connectivity index (χ1v) is 6.16. The van der Waals surface area contributed by atoms with E-state index < -0.39 is 10.0 Å². The first-order chi connectivity index (χ1) is 7.06. The molecule has 0 amide bonds. The van der Waals surface area contributed by atoms with Crippen molar-refractivity contribution in [3.05, 3.63) is 12.4 Å². The standard InChI is InChI=1S/C8H15N3O3S/c1-7(3-2-4-12)11-15(13,14)8-5-9-10-6-8/h5-7,11-12H,2-4H2,1H3,(H,9,10). The molecule has 0 saturated heterocycles. The number of rotatable bonds is 6. The van der Waals surface area contributed by atoms with Gasteiger partial charge in [0.25, 0.3) is 0 Å². The molecule has 1 aromatic heterocycles. The van der Waals surface area contributed by atoms with Gasteiger partial charge in [-0.3, -0.25) is 5.10 Å². The maximum atomic E-state index is 11.6. The fourth-order valence-corrected chi connectivity index (χ4v) is 2.36. The monoisotopic (exact) mass is 233 g/mol. The molecule has 1 rings (SSSR count). The predicted octanol–water partition coefficient (Wildman–Crippen LogP) is -0.151. The molecule has 0 saturated carbocycles. The van der Waals surface area contributed by atoms with Crippen molar-refractivity contribution >= 4 is 10.0 Å². The van der Waals surface area contributed by atoms with Crippen LogP contribution in [0.4, 0.5) is 0 Å². The molecule has 1 atom stereocenters. The highest BCUT2D eigenvalue weighted by Gasteiger charge is 2.17. The SMILES string of the molecule is CC(CCCO)NS(=O)(=O)c1cn[nH]c1. The van der Waals surface area contributed by atoms with Crippen molar-refractivity contribution in [1.29, 1.82) is 0 Å². The van der Waals surface area contributed by atoms with Gasteiger partial charge < -0.3 is 5.11 Å². The van der Waals surface area contributed by atoms with E-state index in [1.165, 1.54) is 12.4 Å². The average molecular weight is 233 g/mol. The minimum Gasteiger partial charge on any atom is -0.396 e. The van der Waals surface area contributed by atoms with E-state index in [1.807, 2.05) is 0 Å². The zero-order chi connectivity index (χ0) is 11.3. The number of sulfonamides is 1. The quantitative estimate of drug-likeness (QED) is 0.636. The van der Waals surface area contributed by atoms with Gasteiger partial charge in [0.05, 0.1) is 6.20 Å². The van der Waals surface area contributed by atoms with Crippen LogP contribution in [0.5, 0.6) is 0 Å². The number of aliphatic hydroxyl groups excluding tert-OH is 1. The fourth-order valence-electron chi connectivity index (χ4n) is 1.18. The highest BCUT2D eigenvalue weighted by molar-refractivity contribution is 7.89. The summed E-state index contributed by atoms with van der Waals surface area (Å²) in [4.78, 5) is 0.123. The van der Waals surface area contributed by atoms with Crippen LogP contribution in [0.15, 0.2) is 17.3 Å². The van der Waals surface area contributed by atoms with Gasteiger partial charge in [-0.1, -0.05) is 0 Å². The molecule has 1 heterocycles. The van der Waals surface area contributed by atoms with Crippen LogP contribution >= 0.6 is 0 Å². The summed E-state index contributed by atoms with van der Waals surface area (Å²) in [6.45, 7) is 1.82. The number of H-pyrrole nitrogens is 1. The molecule has 15 heavy (non-hydrogen) atoms. The van der Waals surface area contributed by atoms with Crippen LogP contribution in [0.2, 0.25) is 0 Å². The Morgan fingerprint density at radius 2 is 2.40 bits per heavy atom. The number of aliphatic hydroxyl groups is 1. The Bertz CT molecular complexity index is 374. The molecule has 0 fully saturated rings. The van der Waals surface area contributed by atoms with Crippen molar-refractivity contribution in [2.45, 2.75) is 30.7 Å². The lowest BCUT2D eigenvalue weighted by molar-refractivity contribution is 0.279. The molecule has 6 nitrogen and oxygen atoms in total. The maximum absolute atomic E-state index is 11.6. The first kappa shape index (κ1) is 12.2. The fraction of sp³-hybridized carbons (Fsp3) is 0.625. The normalized spacial score (nSPS) is 14.0. The summed E-state index contributed by atoms with van der Waals surface area (Å²) in [5.41, 5.74) is 0. The zero-order valence-corrected chi connectivity index (χ0v) is 9.29. The molecule has 0 spiro atoms. The molecule has 0 bridgehead atoms. The van der Waals surface area contributed by atoms with Crippen LogP contribution in [0.25, 0.3) is 0 Å². The van der Waals surface area contributed by atoms with Crippen LogP contribution < -0.4 is 4.72 Å². The lowest BCUT2D eigenvalue weighted by Gasteiger charge is -2.12. The van der Waals surface area contributed by atoms with Crippen LogP contribution in [-0.2, 0) is 10.0 Å². The molecule has 7 heteroatoms. The first-order valence-electron chi connectivity index (χ1n) is 4.68. The van der Waals surface area contributed by atoms with Crippen LogP contribution in [0.1, 0.15) is 19.8 Å². The third-order valence-electron chi connectivity index (χ3n) is 1.94. The summed E-state index contributed by atoms with van der Waals surface area (Å²) in [5.74, 6) is 0. The molecule has 3 N–H and O–H groups in total. The Labute approximate surface area is 88.8 Å². The van der Waals surface area contributed by atoms with E-state index in [2.05, 4.69) is 14.9 Å². The minimum atomic E-state index is -3.47. The van der Waals surface area contributed by atoms with Gasteiger partial charge in [0.15, 0.2) is 0 Å². The Morgan fingerprint density at radius 1 is 1.67 bits per heavy atom. The molecule has 0 radical (unpaired) electrons. The van der Waals surface area contributed by atoms with Crippen molar-refractivity contribution in [2.24, 2.45) is 0 Å². The summed E-state index contributed by atoms with van der Waals surface area (Å²) >= 11 is 0. The second kappa shape index (κ2) is 5.24. The summed E-state index contributed by atoms with van der Waals surface area (Å²) in [7, 11) is -3.47. The third kappa shape index (κ3) is 3.61. The molecule has 1 aromatic rings. The van der Waals surface area contributed by atoms with Gasteiger partial charge >= 0.3 is 0 Å². The minimum absolute atomic E-state index is 0.0672. The summed E-state index contributed by atoms with van der Waals surface area (Å²) in [5, 5.41) is 14.6. The predicted molar refractivity (Wildman–Crippen MR) is 54.7 cm³/mol. The molecule has 0 aliphatic rings. The van der Waals surface area contributed by atoms with Gasteiger partial charge in [0.2, 0.25) is 10.0 Å². The van der Waals surface area contributed by atoms with E-state index in [0.717, 1.165) is 0 Å². The Kier molecular flexibility index (Phi) is 4.25. The lowest BCUT2D eigenvalue weighted by Crippen LogP contribution is -2.32. The number of aromatic amines is 1. The van der Waals surface area contributed by atoms with Crippen LogP contribution in [-0.4, -0.2) is 36.4 Å². The maximum Gasteiger partial charge on any atom is 0.243 e. The van der Waals surface area contributed by atoms with Crippen LogP contribution in [0, 0.1) is 0 Å². The number of aromatic nitrogens is 2. The number of nitrogens with zero attached hydrogens (tertiary/aromatic N) is 1. The highest BCUT2D eigenvalue weighted by atomic mass is 32.2. The zero-order valence-electron chi connectivity index (χ0n) is 8.47. The molecule has 0 aromatic carbocycles. The highest BCUT2D eigenvalue weighted by Crippen LogP contribution is 2.07. The number of nitrogens with one attached hydrogen (secondary N) is 2. The van der Waals surface area contributed by atoms with E-state index in [0.29, 0.717) is 12.8 Å². The van der Waals surface area contributed by atoms with Gasteiger partial charge in [0.1, 0.15) is 4.90 Å².